The van der Waals surface area contributed by atoms with E-state index in [1.165, 1.54) is 0 Å². The van der Waals surface area contributed by atoms with E-state index < -0.39 is 36.4 Å². The molecule has 0 unspecified atom stereocenters. The number of aryl methyl sites for hydroxylation is 2. The summed E-state index contributed by atoms with van der Waals surface area (Å²) < 4.78 is 5.32. The summed E-state index contributed by atoms with van der Waals surface area (Å²) in [5.41, 5.74) is 3.39. The van der Waals surface area contributed by atoms with Crippen molar-refractivity contribution in [2.24, 2.45) is 11.8 Å². The smallest absolute Gasteiger partial charge is 0.330 e. The highest BCUT2D eigenvalue weighted by molar-refractivity contribution is 6.08. The maximum atomic E-state index is 13.1. The second kappa shape index (κ2) is 10.0. The number of allylic oxidation sites excluding steroid dienone is 2. The third-order valence-electron chi connectivity index (χ3n) is 6.40. The van der Waals surface area contributed by atoms with Crippen molar-refractivity contribution in [3.63, 3.8) is 0 Å². The Morgan fingerprint density at radius 3 is 2.26 bits per heavy atom. The van der Waals surface area contributed by atoms with Crippen molar-refractivity contribution < 1.29 is 23.9 Å². The number of carbonyl (C=O) groups is 4. The van der Waals surface area contributed by atoms with Crippen molar-refractivity contribution in [2.75, 3.05) is 11.9 Å². The van der Waals surface area contributed by atoms with Crippen LogP contribution in [0.4, 0.5) is 5.69 Å². The van der Waals surface area contributed by atoms with Crippen LogP contribution in [0.15, 0.2) is 60.7 Å². The molecule has 0 bridgehead atoms. The van der Waals surface area contributed by atoms with Gasteiger partial charge in [0.05, 0.1) is 11.8 Å². The number of benzene rings is 2. The second-order valence-electron chi connectivity index (χ2n) is 8.88. The number of likely N-dealkylation sites (tertiary alicyclic amines) is 1. The van der Waals surface area contributed by atoms with E-state index in [2.05, 4.69) is 5.32 Å². The molecule has 2 aliphatic rings. The number of nitrogens with zero attached hydrogens (tertiary/aromatic N) is 1. The minimum absolute atomic E-state index is 0.128. The standard InChI is InChI=1S/C27H28N2O5/c1-17-12-13-22(18(2)14-17)28-24(30)16-34-27(33)23(15-19-8-4-3-5-9-19)29-25(31)20-10-6-7-11-21(20)26(29)32/h3-9,12-14,20-21,23H,10-11,15-16H2,1-2H3,(H,28,30)/t20-,21+,23-/m0/s1. The SMILES string of the molecule is Cc1ccc(NC(=O)COC(=O)[C@H](Cc2ccccc2)N2C(=O)[C@H]3CC=CC[C@H]3C2=O)c(C)c1. The summed E-state index contributed by atoms with van der Waals surface area (Å²) >= 11 is 0. The first kappa shape index (κ1) is 23.4. The molecule has 2 aromatic carbocycles. The van der Waals surface area contributed by atoms with Crippen molar-refractivity contribution in [2.45, 2.75) is 39.2 Å². The first-order valence-corrected chi connectivity index (χ1v) is 11.4. The molecule has 4 rings (SSSR count). The Hall–Kier alpha value is -3.74. The predicted octanol–water partition coefficient (Wildman–Crippen LogP) is 3.35. The quantitative estimate of drug-likeness (QED) is 0.389. The molecule has 0 radical (unpaired) electrons. The van der Waals surface area contributed by atoms with Crippen LogP contribution in [-0.2, 0) is 30.3 Å². The van der Waals surface area contributed by atoms with Gasteiger partial charge in [0, 0.05) is 12.1 Å². The van der Waals surface area contributed by atoms with Crippen LogP contribution in [0, 0.1) is 25.7 Å². The number of rotatable bonds is 7. The van der Waals surface area contributed by atoms with E-state index in [0.29, 0.717) is 18.5 Å². The Kier molecular flexibility index (Phi) is 6.91. The lowest BCUT2D eigenvalue weighted by molar-refractivity contribution is -0.159. The first-order chi connectivity index (χ1) is 16.3. The number of anilines is 1. The molecule has 1 fully saturated rings. The van der Waals surface area contributed by atoms with E-state index in [1.807, 2.05) is 68.5 Å². The lowest BCUT2D eigenvalue weighted by Gasteiger charge is -2.25. The van der Waals surface area contributed by atoms with Gasteiger partial charge in [-0.2, -0.15) is 0 Å². The van der Waals surface area contributed by atoms with Gasteiger partial charge in [0.25, 0.3) is 5.91 Å². The Morgan fingerprint density at radius 1 is 1.00 bits per heavy atom. The average molecular weight is 461 g/mol. The minimum Gasteiger partial charge on any atom is -0.454 e. The van der Waals surface area contributed by atoms with Gasteiger partial charge in [-0.15, -0.1) is 0 Å². The molecule has 0 spiro atoms. The van der Waals surface area contributed by atoms with Crippen molar-refractivity contribution in [1.29, 1.82) is 0 Å². The molecule has 1 heterocycles. The number of nitrogens with one attached hydrogen (secondary N) is 1. The monoisotopic (exact) mass is 460 g/mol. The van der Waals surface area contributed by atoms with Crippen molar-refractivity contribution in [3.05, 3.63) is 77.4 Å². The Bertz CT molecular complexity index is 1110. The van der Waals surface area contributed by atoms with E-state index in [1.54, 1.807) is 6.07 Å². The molecule has 176 valence electrons. The number of hydrogen-bond donors (Lipinski definition) is 1. The molecule has 7 nitrogen and oxygen atoms in total. The summed E-state index contributed by atoms with van der Waals surface area (Å²) in [6.07, 6.45) is 4.90. The summed E-state index contributed by atoms with van der Waals surface area (Å²) in [7, 11) is 0. The van der Waals surface area contributed by atoms with E-state index >= 15 is 0 Å². The number of carbonyl (C=O) groups excluding carboxylic acids is 4. The number of fused-ring (bicyclic) bond motifs is 1. The summed E-state index contributed by atoms with van der Waals surface area (Å²) in [4.78, 5) is 52.9. The van der Waals surface area contributed by atoms with Gasteiger partial charge in [-0.3, -0.25) is 19.3 Å². The fourth-order valence-electron chi connectivity index (χ4n) is 4.62. The van der Waals surface area contributed by atoms with E-state index in [0.717, 1.165) is 21.6 Å². The van der Waals surface area contributed by atoms with E-state index in [4.69, 9.17) is 4.74 Å². The molecule has 1 aliphatic heterocycles. The van der Waals surface area contributed by atoms with Gasteiger partial charge in [-0.25, -0.2) is 4.79 Å². The highest BCUT2D eigenvalue weighted by atomic mass is 16.5. The molecule has 2 aromatic rings. The maximum absolute atomic E-state index is 13.1. The highest BCUT2D eigenvalue weighted by Crippen LogP contribution is 2.36. The van der Waals surface area contributed by atoms with E-state index in [9.17, 15) is 19.2 Å². The summed E-state index contributed by atoms with van der Waals surface area (Å²) in [6, 6.07) is 13.6. The molecule has 7 heteroatoms. The van der Waals surface area contributed by atoms with Gasteiger partial charge in [0.15, 0.2) is 6.61 Å². The zero-order valence-electron chi connectivity index (χ0n) is 19.3. The third kappa shape index (κ3) is 4.93. The van der Waals surface area contributed by atoms with Gasteiger partial charge in [0.1, 0.15) is 6.04 Å². The van der Waals surface area contributed by atoms with Crippen LogP contribution in [0.25, 0.3) is 0 Å². The molecule has 3 amide bonds. The van der Waals surface area contributed by atoms with Gasteiger partial charge < -0.3 is 10.1 Å². The number of imide groups is 1. The second-order valence-corrected chi connectivity index (χ2v) is 8.88. The van der Waals surface area contributed by atoms with Crippen LogP contribution < -0.4 is 5.32 Å². The molecule has 1 aliphatic carbocycles. The minimum atomic E-state index is -1.12. The fourth-order valence-corrected chi connectivity index (χ4v) is 4.62. The Balaban J connectivity index is 1.48. The molecule has 0 aromatic heterocycles. The largest absolute Gasteiger partial charge is 0.454 e. The van der Waals surface area contributed by atoms with Crippen molar-refractivity contribution in [3.8, 4) is 0 Å². The first-order valence-electron chi connectivity index (χ1n) is 11.4. The van der Waals surface area contributed by atoms with Gasteiger partial charge in [-0.05, 0) is 43.9 Å². The normalized spacial score (nSPS) is 20.1. The number of hydrogen-bond acceptors (Lipinski definition) is 5. The van der Waals surface area contributed by atoms with Crippen LogP contribution in [0.5, 0.6) is 0 Å². The van der Waals surface area contributed by atoms with Crippen LogP contribution in [0.2, 0.25) is 0 Å². The number of amides is 3. The zero-order chi connectivity index (χ0) is 24.2. The number of esters is 1. The fraction of sp³-hybridized carbons (Fsp3) is 0.333. The Morgan fingerprint density at radius 2 is 1.65 bits per heavy atom. The molecule has 0 saturated carbocycles. The molecule has 1 saturated heterocycles. The van der Waals surface area contributed by atoms with Crippen LogP contribution in [0.1, 0.15) is 29.5 Å². The van der Waals surface area contributed by atoms with Gasteiger partial charge >= 0.3 is 5.97 Å². The van der Waals surface area contributed by atoms with Gasteiger partial charge in [0.2, 0.25) is 11.8 Å². The van der Waals surface area contributed by atoms with Crippen molar-refractivity contribution >= 4 is 29.4 Å². The number of ether oxygens (including phenoxy) is 1. The van der Waals surface area contributed by atoms with Crippen LogP contribution in [-0.4, -0.2) is 41.2 Å². The topological polar surface area (TPSA) is 92.8 Å². The van der Waals surface area contributed by atoms with Crippen LogP contribution in [0.3, 0.4) is 0 Å². The van der Waals surface area contributed by atoms with Crippen molar-refractivity contribution in [1.82, 2.24) is 4.90 Å². The summed E-state index contributed by atoms with van der Waals surface area (Å²) in [5.74, 6) is -2.86. The van der Waals surface area contributed by atoms with Gasteiger partial charge in [-0.1, -0.05) is 60.2 Å². The maximum Gasteiger partial charge on any atom is 0.330 e. The molecule has 3 atom stereocenters. The average Bonchev–Trinajstić information content (AvgIpc) is 3.08. The predicted molar refractivity (Wildman–Crippen MR) is 127 cm³/mol. The third-order valence-corrected chi connectivity index (χ3v) is 6.40. The molecular weight excluding hydrogens is 432 g/mol. The molecule has 34 heavy (non-hydrogen) atoms. The highest BCUT2D eigenvalue weighted by Gasteiger charge is 2.51. The lowest BCUT2D eigenvalue weighted by Crippen LogP contribution is -2.48. The molecule has 1 N–H and O–H groups in total. The summed E-state index contributed by atoms with van der Waals surface area (Å²) in [6.45, 7) is 3.33. The Labute approximate surface area is 198 Å². The van der Waals surface area contributed by atoms with E-state index in [-0.39, 0.29) is 18.2 Å². The van der Waals surface area contributed by atoms with Crippen LogP contribution >= 0.6 is 0 Å². The lowest BCUT2D eigenvalue weighted by atomic mass is 9.85. The molecular formula is C27H28N2O5. The summed E-state index contributed by atoms with van der Waals surface area (Å²) in [5, 5.41) is 2.74. The zero-order valence-corrected chi connectivity index (χ0v) is 19.3.